The third-order valence-corrected chi connectivity index (χ3v) is 13.0. The van der Waals surface area contributed by atoms with Gasteiger partial charge in [0.05, 0.1) is 21.6 Å². The highest BCUT2D eigenvalue weighted by Gasteiger charge is 2.28. The van der Waals surface area contributed by atoms with Crippen LogP contribution in [0.4, 0.5) is 22.7 Å². The summed E-state index contributed by atoms with van der Waals surface area (Å²) >= 11 is 1.70. The number of rotatable bonds is 9. The molecule has 0 saturated carbocycles. The first-order valence-corrected chi connectivity index (χ1v) is 22.2. The van der Waals surface area contributed by atoms with Crippen molar-refractivity contribution in [2.75, 3.05) is 16.0 Å². The summed E-state index contributed by atoms with van der Waals surface area (Å²) in [5.74, 6) is 1.36. The van der Waals surface area contributed by atoms with Crippen LogP contribution in [0.3, 0.4) is 0 Å². The Kier molecular flexibility index (Phi) is 9.82. The standard InChI is InChI=1S/C55H43N7S/c1-2-51-57-47-21-7-9-23-49(47)62(51)42-31-29-35(30-32-42)43-17-3-4-18-44(43)38-13-11-14-39(33-38)45-19-5-6-20-46(45)54-60-52(59-53(61-54)40-15-12-16-41(56)34-40)36-25-27-37(28-26-36)55-58-48-22-8-10-24-50(48)63-55/h3-34,51-52,57H,2,56H2,1H3,(H,59,60,61). The number of nitrogens with two attached hydrogens (primary N) is 1. The Bertz CT molecular complexity index is 3170. The number of thiazole rings is 1. The van der Waals surface area contributed by atoms with Gasteiger partial charge in [-0.3, -0.25) is 0 Å². The van der Waals surface area contributed by atoms with E-state index in [2.05, 4.69) is 186 Å². The van der Waals surface area contributed by atoms with Crippen LogP contribution in [0.1, 0.15) is 36.2 Å². The molecule has 1 aromatic heterocycles. The van der Waals surface area contributed by atoms with Crippen LogP contribution in [0, 0.1) is 0 Å². The number of aliphatic imine (C=N–C) groups is 2. The average Bonchev–Trinajstić information content (AvgIpc) is 3.96. The molecule has 63 heavy (non-hydrogen) atoms. The number of para-hydroxylation sites is 3. The van der Waals surface area contributed by atoms with Gasteiger partial charge < -0.3 is 21.3 Å². The monoisotopic (exact) mass is 833 g/mol. The van der Waals surface area contributed by atoms with Crippen LogP contribution >= 0.6 is 11.3 Å². The van der Waals surface area contributed by atoms with Gasteiger partial charge in [0.1, 0.15) is 23.2 Å². The first-order chi connectivity index (χ1) is 31.1. The summed E-state index contributed by atoms with van der Waals surface area (Å²) in [6.45, 7) is 2.22. The molecule has 11 rings (SSSR count). The Morgan fingerprint density at radius 3 is 1.95 bits per heavy atom. The molecule has 9 aromatic rings. The predicted octanol–water partition coefficient (Wildman–Crippen LogP) is 13.3. The smallest absolute Gasteiger partial charge is 0.159 e. The maximum absolute atomic E-state index is 6.30. The SMILES string of the molecule is CCC1Nc2ccccc2N1c1ccc(-c2ccccc2-c2cccc(-c3ccccc3C3=NC(c4cccc(N)c4)=NC(c4ccc(-c5nc6ccccc6s5)cc4)N3)c2)cc1. The van der Waals surface area contributed by atoms with Gasteiger partial charge in [0, 0.05) is 28.1 Å². The topological polar surface area (TPSA) is 90.9 Å². The Hall–Kier alpha value is -7.81. The average molecular weight is 834 g/mol. The minimum Gasteiger partial charge on any atom is -0.399 e. The van der Waals surface area contributed by atoms with Gasteiger partial charge in [-0.1, -0.05) is 146 Å². The minimum absolute atomic E-state index is 0.213. The molecule has 2 atom stereocenters. The molecule has 2 aliphatic rings. The largest absolute Gasteiger partial charge is 0.399 e. The van der Waals surface area contributed by atoms with Crippen molar-refractivity contribution in [3.8, 4) is 44.0 Å². The molecule has 2 unspecified atom stereocenters. The van der Waals surface area contributed by atoms with Crippen LogP contribution in [0.15, 0.2) is 204 Å². The lowest BCUT2D eigenvalue weighted by atomic mass is 9.91. The second-order valence-electron chi connectivity index (χ2n) is 15.9. The summed E-state index contributed by atoms with van der Waals surface area (Å²) < 4.78 is 1.17. The van der Waals surface area contributed by atoms with Crippen LogP contribution in [0.5, 0.6) is 0 Å². The molecule has 304 valence electrons. The van der Waals surface area contributed by atoms with Crippen molar-refractivity contribution in [1.29, 1.82) is 0 Å². The molecule has 0 amide bonds. The van der Waals surface area contributed by atoms with E-state index in [0.29, 0.717) is 11.5 Å². The van der Waals surface area contributed by atoms with E-state index in [4.69, 9.17) is 20.7 Å². The number of amidine groups is 2. The van der Waals surface area contributed by atoms with Crippen LogP contribution in [0.25, 0.3) is 54.2 Å². The second-order valence-corrected chi connectivity index (χ2v) is 16.9. The van der Waals surface area contributed by atoms with E-state index >= 15 is 0 Å². The van der Waals surface area contributed by atoms with Crippen LogP contribution in [0.2, 0.25) is 0 Å². The highest BCUT2D eigenvalue weighted by Crippen LogP contribution is 2.42. The summed E-state index contributed by atoms with van der Waals surface area (Å²) in [7, 11) is 0. The summed E-state index contributed by atoms with van der Waals surface area (Å²) in [4.78, 5) is 17.6. The lowest BCUT2D eigenvalue weighted by Gasteiger charge is -2.26. The van der Waals surface area contributed by atoms with E-state index < -0.39 is 0 Å². The van der Waals surface area contributed by atoms with E-state index in [1.807, 2.05) is 30.3 Å². The van der Waals surface area contributed by atoms with E-state index in [1.165, 1.54) is 38.5 Å². The van der Waals surface area contributed by atoms with Crippen molar-refractivity contribution in [1.82, 2.24) is 10.3 Å². The van der Waals surface area contributed by atoms with Gasteiger partial charge in [-0.15, -0.1) is 11.3 Å². The van der Waals surface area contributed by atoms with Gasteiger partial charge in [0.2, 0.25) is 0 Å². The number of anilines is 4. The second kappa shape index (κ2) is 16.2. The summed E-state index contributed by atoms with van der Waals surface area (Å²) in [6.07, 6.45) is 0.811. The highest BCUT2D eigenvalue weighted by molar-refractivity contribution is 7.21. The van der Waals surface area contributed by atoms with Crippen molar-refractivity contribution >= 4 is 56.0 Å². The number of benzene rings is 8. The molecule has 3 heterocycles. The van der Waals surface area contributed by atoms with Crippen molar-refractivity contribution < 1.29 is 0 Å². The number of aromatic nitrogens is 1. The number of nitrogens with zero attached hydrogens (tertiary/aromatic N) is 4. The molecular weight excluding hydrogens is 791 g/mol. The lowest BCUT2D eigenvalue weighted by molar-refractivity contribution is 0.674. The van der Waals surface area contributed by atoms with Crippen LogP contribution in [-0.2, 0) is 0 Å². The normalized spacial score (nSPS) is 15.6. The van der Waals surface area contributed by atoms with Crippen LogP contribution < -0.4 is 21.3 Å². The molecule has 7 nitrogen and oxygen atoms in total. The van der Waals surface area contributed by atoms with Gasteiger partial charge >= 0.3 is 0 Å². The zero-order chi connectivity index (χ0) is 42.3. The minimum atomic E-state index is -0.389. The van der Waals surface area contributed by atoms with Gasteiger partial charge in [-0.05, 0) is 100.0 Å². The molecule has 0 bridgehead atoms. The molecule has 0 fully saturated rings. The van der Waals surface area contributed by atoms with E-state index in [0.717, 1.165) is 61.7 Å². The lowest BCUT2D eigenvalue weighted by Crippen LogP contribution is -2.34. The molecule has 8 aromatic carbocycles. The first-order valence-electron chi connectivity index (χ1n) is 21.4. The van der Waals surface area contributed by atoms with Gasteiger partial charge in [0.25, 0.3) is 0 Å². The van der Waals surface area contributed by atoms with E-state index in [1.54, 1.807) is 11.3 Å². The number of nitrogen functional groups attached to an aromatic ring is 1. The third-order valence-electron chi connectivity index (χ3n) is 11.9. The zero-order valence-electron chi connectivity index (χ0n) is 34.6. The quantitative estimate of drug-likeness (QED) is 0.126. The fourth-order valence-electron chi connectivity index (χ4n) is 8.77. The molecule has 0 spiro atoms. The zero-order valence-corrected chi connectivity index (χ0v) is 35.4. The Morgan fingerprint density at radius 2 is 1.21 bits per heavy atom. The van der Waals surface area contributed by atoms with Crippen molar-refractivity contribution in [2.45, 2.75) is 25.7 Å². The molecular formula is C55H43N7S. The Balaban J connectivity index is 0.923. The molecule has 2 aliphatic heterocycles. The molecule has 0 aliphatic carbocycles. The van der Waals surface area contributed by atoms with E-state index in [9.17, 15) is 0 Å². The van der Waals surface area contributed by atoms with Gasteiger partial charge in [-0.25, -0.2) is 15.0 Å². The molecule has 0 radical (unpaired) electrons. The summed E-state index contributed by atoms with van der Waals surface area (Å²) in [5.41, 5.74) is 22.3. The maximum Gasteiger partial charge on any atom is 0.159 e. The van der Waals surface area contributed by atoms with E-state index in [-0.39, 0.29) is 12.3 Å². The fraction of sp³-hybridized carbons (Fsp3) is 0.0727. The number of nitrogens with one attached hydrogen (secondary N) is 2. The van der Waals surface area contributed by atoms with Crippen molar-refractivity contribution in [3.63, 3.8) is 0 Å². The summed E-state index contributed by atoms with van der Waals surface area (Å²) in [6, 6.07) is 68.1. The molecule has 4 N–H and O–H groups in total. The Morgan fingerprint density at radius 1 is 0.571 bits per heavy atom. The fourth-order valence-corrected chi connectivity index (χ4v) is 9.74. The number of fused-ring (bicyclic) bond motifs is 2. The van der Waals surface area contributed by atoms with Crippen molar-refractivity contribution in [3.05, 3.63) is 211 Å². The predicted molar refractivity (Wildman–Crippen MR) is 264 cm³/mol. The molecule has 8 heteroatoms. The maximum atomic E-state index is 6.30. The van der Waals surface area contributed by atoms with Crippen LogP contribution in [-0.4, -0.2) is 22.8 Å². The molecule has 0 saturated heterocycles. The first kappa shape index (κ1) is 38.1. The third kappa shape index (κ3) is 7.30. The number of hydrogen-bond acceptors (Lipinski definition) is 8. The highest BCUT2D eigenvalue weighted by atomic mass is 32.1. The summed E-state index contributed by atoms with van der Waals surface area (Å²) in [5, 5.41) is 8.40. The van der Waals surface area contributed by atoms with Gasteiger partial charge in [0.15, 0.2) is 5.84 Å². The number of hydrogen-bond donors (Lipinski definition) is 3. The Labute approximate surface area is 371 Å². The van der Waals surface area contributed by atoms with Crippen molar-refractivity contribution in [2.24, 2.45) is 9.98 Å². The van der Waals surface area contributed by atoms with Gasteiger partial charge in [-0.2, -0.15) is 0 Å².